The van der Waals surface area contributed by atoms with Crippen LogP contribution in [-0.4, -0.2) is 29.1 Å². The number of aryl methyl sites for hydroxylation is 1. The van der Waals surface area contributed by atoms with Gasteiger partial charge in [-0.1, -0.05) is 6.42 Å². The molecule has 1 aromatic carbocycles. The van der Waals surface area contributed by atoms with Gasteiger partial charge in [-0.25, -0.2) is 9.18 Å². The highest BCUT2D eigenvalue weighted by Crippen LogP contribution is 2.29. The lowest BCUT2D eigenvalue weighted by Crippen LogP contribution is -2.29. The Morgan fingerprint density at radius 2 is 2.05 bits per heavy atom. The first-order valence-electron chi connectivity index (χ1n) is 7.23. The van der Waals surface area contributed by atoms with E-state index < -0.39 is 11.8 Å². The maximum absolute atomic E-state index is 14.2. The van der Waals surface area contributed by atoms with Gasteiger partial charge in [-0.3, -0.25) is 4.90 Å². The van der Waals surface area contributed by atoms with Crippen LogP contribution in [-0.2, 0) is 6.54 Å². The molecule has 1 aromatic heterocycles. The second-order valence-corrected chi connectivity index (χ2v) is 5.65. The fourth-order valence-corrected chi connectivity index (χ4v) is 3.00. The van der Waals surface area contributed by atoms with Crippen LogP contribution in [0.4, 0.5) is 4.39 Å². The molecule has 2 aromatic rings. The summed E-state index contributed by atoms with van der Waals surface area (Å²) in [6.07, 6.45) is 3.62. The minimum atomic E-state index is -1.17. The monoisotopic (exact) mass is 291 g/mol. The van der Waals surface area contributed by atoms with E-state index in [4.69, 9.17) is 9.52 Å². The topological polar surface area (TPSA) is 53.7 Å². The molecule has 3 rings (SSSR count). The summed E-state index contributed by atoms with van der Waals surface area (Å²) in [4.78, 5) is 13.4. The summed E-state index contributed by atoms with van der Waals surface area (Å²) in [6.45, 7) is 4.41. The van der Waals surface area contributed by atoms with Crippen molar-refractivity contribution in [1.29, 1.82) is 0 Å². The molecule has 1 aliphatic heterocycles. The molecule has 1 saturated heterocycles. The number of carbonyl (C=O) groups is 1. The normalized spacial score (nSPS) is 16.5. The van der Waals surface area contributed by atoms with E-state index in [2.05, 4.69) is 4.90 Å². The van der Waals surface area contributed by atoms with Gasteiger partial charge in [-0.2, -0.15) is 0 Å². The van der Waals surface area contributed by atoms with Crippen molar-refractivity contribution in [3.8, 4) is 0 Å². The Labute approximate surface area is 122 Å². The molecular formula is C16H18FNO3. The van der Waals surface area contributed by atoms with Gasteiger partial charge in [0.15, 0.2) is 11.4 Å². The quantitative estimate of drug-likeness (QED) is 0.939. The van der Waals surface area contributed by atoms with Crippen LogP contribution >= 0.6 is 0 Å². The lowest BCUT2D eigenvalue weighted by atomic mass is 10.1. The molecule has 0 spiro atoms. The summed E-state index contributed by atoms with van der Waals surface area (Å²) in [5, 5.41) is 9.62. The van der Waals surface area contributed by atoms with Crippen molar-refractivity contribution < 1.29 is 18.7 Å². The highest BCUT2D eigenvalue weighted by Gasteiger charge is 2.20. The number of piperidine rings is 1. The van der Waals surface area contributed by atoms with Crippen LogP contribution in [0.25, 0.3) is 11.0 Å². The molecule has 2 heterocycles. The first-order valence-corrected chi connectivity index (χ1v) is 7.23. The second-order valence-electron chi connectivity index (χ2n) is 5.65. The van der Waals surface area contributed by atoms with E-state index in [9.17, 15) is 9.18 Å². The number of carboxylic acid groups (broad SMARTS) is 1. The van der Waals surface area contributed by atoms with Crippen molar-refractivity contribution in [3.05, 3.63) is 34.8 Å². The van der Waals surface area contributed by atoms with Gasteiger partial charge < -0.3 is 9.52 Å². The molecule has 0 bridgehead atoms. The predicted molar refractivity (Wildman–Crippen MR) is 77.0 cm³/mol. The lowest BCUT2D eigenvalue weighted by Gasteiger charge is -2.26. The van der Waals surface area contributed by atoms with Crippen molar-refractivity contribution in [2.45, 2.75) is 32.7 Å². The molecule has 0 aliphatic carbocycles. The van der Waals surface area contributed by atoms with E-state index in [0.717, 1.165) is 18.7 Å². The fraction of sp³-hybridized carbons (Fsp3) is 0.438. The highest BCUT2D eigenvalue weighted by molar-refractivity contribution is 5.95. The Morgan fingerprint density at radius 3 is 2.71 bits per heavy atom. The number of hydrogen-bond acceptors (Lipinski definition) is 3. The zero-order valence-electron chi connectivity index (χ0n) is 12.0. The van der Waals surface area contributed by atoms with Gasteiger partial charge in [-0.15, -0.1) is 0 Å². The predicted octanol–water partition coefficient (Wildman–Crippen LogP) is 3.56. The summed E-state index contributed by atoms with van der Waals surface area (Å²) < 4.78 is 19.3. The first kappa shape index (κ1) is 14.1. The van der Waals surface area contributed by atoms with Crippen LogP contribution in [0.3, 0.4) is 0 Å². The minimum absolute atomic E-state index is 0.0345. The average molecular weight is 291 g/mol. The molecule has 1 fully saturated rings. The molecule has 4 nitrogen and oxygen atoms in total. The third kappa shape index (κ3) is 2.65. The van der Waals surface area contributed by atoms with Crippen LogP contribution < -0.4 is 0 Å². The first-order chi connectivity index (χ1) is 10.1. The van der Waals surface area contributed by atoms with Gasteiger partial charge >= 0.3 is 5.97 Å². The van der Waals surface area contributed by atoms with Crippen molar-refractivity contribution in [2.75, 3.05) is 13.1 Å². The highest BCUT2D eigenvalue weighted by atomic mass is 19.1. The zero-order chi connectivity index (χ0) is 15.0. The van der Waals surface area contributed by atoms with E-state index >= 15 is 0 Å². The molecule has 0 atom stereocenters. The summed E-state index contributed by atoms with van der Waals surface area (Å²) >= 11 is 0. The van der Waals surface area contributed by atoms with Gasteiger partial charge in [0.25, 0.3) is 0 Å². The fourth-order valence-electron chi connectivity index (χ4n) is 3.00. The van der Waals surface area contributed by atoms with E-state index in [-0.39, 0.29) is 11.3 Å². The third-order valence-electron chi connectivity index (χ3n) is 4.10. The smallest absolute Gasteiger partial charge is 0.372 e. The Bertz CT molecular complexity index is 686. The van der Waals surface area contributed by atoms with Crippen molar-refractivity contribution in [3.63, 3.8) is 0 Å². The molecule has 112 valence electrons. The molecule has 1 aliphatic rings. The van der Waals surface area contributed by atoms with Gasteiger partial charge in [0.2, 0.25) is 5.76 Å². The van der Waals surface area contributed by atoms with Crippen LogP contribution in [0.15, 0.2) is 16.5 Å². The third-order valence-corrected chi connectivity index (χ3v) is 4.10. The molecular weight excluding hydrogens is 273 g/mol. The summed E-state index contributed by atoms with van der Waals surface area (Å²) in [7, 11) is 0. The Hall–Kier alpha value is -1.88. The van der Waals surface area contributed by atoms with Crippen LogP contribution in [0.2, 0.25) is 0 Å². The number of rotatable bonds is 3. The number of carboxylic acids is 1. The van der Waals surface area contributed by atoms with Crippen molar-refractivity contribution >= 4 is 16.9 Å². The van der Waals surface area contributed by atoms with Crippen molar-refractivity contribution in [2.24, 2.45) is 0 Å². The summed E-state index contributed by atoms with van der Waals surface area (Å²) in [6, 6.07) is 3.30. The SMILES string of the molecule is Cc1c(C(=O)O)oc2c(F)cc(CN3CCCCC3)cc12. The number of aromatic carboxylic acids is 1. The molecule has 0 amide bonds. The lowest BCUT2D eigenvalue weighted by molar-refractivity contribution is 0.0663. The number of likely N-dealkylation sites (tertiary alicyclic amines) is 1. The van der Waals surface area contributed by atoms with Gasteiger partial charge in [0.1, 0.15) is 0 Å². The van der Waals surface area contributed by atoms with Gasteiger partial charge in [0, 0.05) is 17.5 Å². The number of hydrogen-bond donors (Lipinski definition) is 1. The van der Waals surface area contributed by atoms with E-state index in [1.54, 1.807) is 6.92 Å². The molecule has 0 radical (unpaired) electrons. The van der Waals surface area contributed by atoms with E-state index in [1.165, 1.54) is 25.3 Å². The number of nitrogens with zero attached hydrogens (tertiary/aromatic N) is 1. The molecule has 0 saturated carbocycles. The average Bonchev–Trinajstić information content (AvgIpc) is 2.78. The van der Waals surface area contributed by atoms with E-state index in [0.29, 0.717) is 17.5 Å². The van der Waals surface area contributed by atoms with Crippen LogP contribution in [0, 0.1) is 12.7 Å². The van der Waals surface area contributed by atoms with Crippen LogP contribution in [0.1, 0.15) is 40.9 Å². The standard InChI is InChI=1S/C16H18FNO3/c1-10-12-7-11(9-18-5-3-2-4-6-18)8-13(17)15(12)21-14(10)16(19)20/h7-8H,2-6,9H2,1H3,(H,19,20). The Morgan fingerprint density at radius 1 is 1.33 bits per heavy atom. The number of halogens is 1. The van der Waals surface area contributed by atoms with E-state index in [1.807, 2.05) is 6.07 Å². The molecule has 5 heteroatoms. The zero-order valence-corrected chi connectivity index (χ0v) is 12.0. The minimum Gasteiger partial charge on any atom is -0.475 e. The van der Waals surface area contributed by atoms with Gasteiger partial charge in [-0.05, 0) is 50.6 Å². The largest absolute Gasteiger partial charge is 0.475 e. The second kappa shape index (κ2) is 5.48. The number of fused-ring (bicyclic) bond motifs is 1. The molecule has 1 N–H and O–H groups in total. The Balaban J connectivity index is 1.97. The molecule has 21 heavy (non-hydrogen) atoms. The van der Waals surface area contributed by atoms with Gasteiger partial charge in [0.05, 0.1) is 0 Å². The van der Waals surface area contributed by atoms with Crippen molar-refractivity contribution in [1.82, 2.24) is 4.90 Å². The maximum atomic E-state index is 14.2. The molecule has 0 unspecified atom stereocenters. The maximum Gasteiger partial charge on any atom is 0.372 e. The summed E-state index contributed by atoms with van der Waals surface area (Å²) in [5.74, 6) is -1.84. The van der Waals surface area contributed by atoms with Crippen LogP contribution in [0.5, 0.6) is 0 Å². The summed E-state index contributed by atoms with van der Waals surface area (Å²) in [5.41, 5.74) is 1.38. The number of furan rings is 1. The Kier molecular flexibility index (Phi) is 3.68. The number of benzene rings is 1.